The van der Waals surface area contributed by atoms with Crippen LogP contribution in [-0.4, -0.2) is 25.4 Å². The predicted octanol–water partition coefficient (Wildman–Crippen LogP) is 1.29. The molecule has 1 amide bonds. The molecule has 3 aromatic rings. The van der Waals surface area contributed by atoms with E-state index in [1.165, 1.54) is 6.33 Å². The van der Waals surface area contributed by atoms with Gasteiger partial charge in [-0.3, -0.25) is 4.79 Å². The van der Waals surface area contributed by atoms with E-state index >= 15 is 0 Å². The number of rotatable bonds is 3. The molecule has 23 heavy (non-hydrogen) atoms. The molecule has 0 fully saturated rings. The highest BCUT2D eigenvalue weighted by molar-refractivity contribution is 6.09. The van der Waals surface area contributed by atoms with Crippen LogP contribution in [0, 0.1) is 0 Å². The Morgan fingerprint density at radius 1 is 1.09 bits per heavy atom. The molecule has 0 unspecified atom stereocenters. The Morgan fingerprint density at radius 2 is 1.74 bits per heavy atom. The number of nitrogens with zero attached hydrogens (tertiary/aromatic N) is 4. The molecule has 0 atom stereocenters. The first-order chi connectivity index (χ1) is 11.1. The molecule has 0 saturated heterocycles. The van der Waals surface area contributed by atoms with Crippen LogP contribution >= 0.6 is 0 Å². The third kappa shape index (κ3) is 2.69. The van der Waals surface area contributed by atoms with Crippen molar-refractivity contribution in [2.45, 2.75) is 0 Å². The maximum Gasteiger partial charge on any atom is 0.274 e. The zero-order chi connectivity index (χ0) is 16.4. The van der Waals surface area contributed by atoms with Crippen molar-refractivity contribution in [3.8, 4) is 11.3 Å². The number of imidazole rings is 1. The second kappa shape index (κ2) is 5.76. The fourth-order valence-corrected chi connectivity index (χ4v) is 2.22. The summed E-state index contributed by atoms with van der Waals surface area (Å²) in [6.45, 7) is 0. The molecule has 0 aliphatic heterocycles. The molecule has 0 bridgehead atoms. The van der Waals surface area contributed by atoms with Crippen molar-refractivity contribution in [1.82, 2.24) is 19.5 Å². The van der Waals surface area contributed by atoms with Gasteiger partial charge < -0.3 is 21.4 Å². The number of aromatic nitrogens is 4. The first-order valence-corrected chi connectivity index (χ1v) is 6.82. The molecule has 0 aliphatic carbocycles. The Balaban J connectivity index is 1.99. The Bertz CT molecular complexity index is 837. The lowest BCUT2D eigenvalue weighted by Crippen LogP contribution is -2.19. The molecule has 0 aliphatic rings. The van der Waals surface area contributed by atoms with Gasteiger partial charge in [0.05, 0.1) is 6.33 Å². The van der Waals surface area contributed by atoms with Crippen LogP contribution in [0.15, 0.2) is 43.0 Å². The van der Waals surface area contributed by atoms with Crippen molar-refractivity contribution in [1.29, 1.82) is 0 Å². The van der Waals surface area contributed by atoms with Gasteiger partial charge in [-0.15, -0.1) is 0 Å². The summed E-state index contributed by atoms with van der Waals surface area (Å²) in [6.07, 6.45) is 2.81. The minimum absolute atomic E-state index is 0.106. The molecule has 0 radical (unpaired) electrons. The smallest absolute Gasteiger partial charge is 0.274 e. The fourth-order valence-electron chi connectivity index (χ4n) is 2.22. The lowest BCUT2D eigenvalue weighted by atomic mass is 10.1. The molecule has 3 rings (SSSR count). The molecule has 116 valence electrons. The third-order valence-corrected chi connectivity index (χ3v) is 3.34. The second-order valence-corrected chi connectivity index (χ2v) is 4.89. The normalized spacial score (nSPS) is 10.5. The number of nitrogens with two attached hydrogens (primary N) is 2. The van der Waals surface area contributed by atoms with Crippen molar-refractivity contribution in [3.05, 3.63) is 48.7 Å². The predicted molar refractivity (Wildman–Crippen MR) is 87.5 cm³/mol. The number of nitrogen functional groups attached to an aromatic ring is 2. The van der Waals surface area contributed by atoms with E-state index in [9.17, 15) is 4.79 Å². The maximum atomic E-state index is 12.7. The van der Waals surface area contributed by atoms with Crippen molar-refractivity contribution < 1.29 is 4.79 Å². The van der Waals surface area contributed by atoms with Crippen LogP contribution in [-0.2, 0) is 7.05 Å². The van der Waals surface area contributed by atoms with Crippen molar-refractivity contribution in [2.75, 3.05) is 16.8 Å². The molecular weight excluding hydrogens is 294 g/mol. The molecule has 0 spiro atoms. The van der Waals surface area contributed by atoms with Crippen LogP contribution in [0.2, 0.25) is 0 Å². The van der Waals surface area contributed by atoms with Gasteiger partial charge in [0, 0.05) is 12.6 Å². The van der Waals surface area contributed by atoms with E-state index in [0.29, 0.717) is 11.4 Å². The van der Waals surface area contributed by atoms with Crippen LogP contribution in [0.1, 0.15) is 10.5 Å². The van der Waals surface area contributed by atoms with Gasteiger partial charge in [-0.05, 0) is 0 Å². The summed E-state index contributed by atoms with van der Waals surface area (Å²) in [5.74, 6) is -0.180. The first-order valence-electron chi connectivity index (χ1n) is 6.82. The molecule has 8 heteroatoms. The highest BCUT2D eigenvalue weighted by Crippen LogP contribution is 2.25. The third-order valence-electron chi connectivity index (χ3n) is 3.34. The highest BCUT2D eigenvalue weighted by Gasteiger charge is 2.20. The summed E-state index contributed by atoms with van der Waals surface area (Å²) in [5.41, 5.74) is 13.5. The van der Waals surface area contributed by atoms with E-state index in [4.69, 9.17) is 11.5 Å². The van der Waals surface area contributed by atoms with Gasteiger partial charge in [-0.2, -0.15) is 0 Å². The molecule has 2 heterocycles. The van der Waals surface area contributed by atoms with Crippen molar-refractivity contribution in [3.63, 3.8) is 0 Å². The SMILES string of the molecule is Cn1cnc(-c2ccccc2)c1C(=O)Nc1c(N)ncnc1N. The van der Waals surface area contributed by atoms with Gasteiger partial charge in [-0.25, -0.2) is 15.0 Å². The number of amides is 1. The van der Waals surface area contributed by atoms with Crippen LogP contribution < -0.4 is 16.8 Å². The molecule has 2 aromatic heterocycles. The Kier molecular flexibility index (Phi) is 3.63. The summed E-state index contributed by atoms with van der Waals surface area (Å²) >= 11 is 0. The van der Waals surface area contributed by atoms with Gasteiger partial charge in [0.1, 0.15) is 23.4 Å². The standard InChI is InChI=1S/C15H15N7O/c1-22-8-20-10(9-5-3-2-4-6-9)12(22)15(23)21-11-13(16)18-7-19-14(11)17/h2-8H,1H3,(H,21,23)(H4,16,17,18,19). The van der Waals surface area contributed by atoms with E-state index in [2.05, 4.69) is 20.3 Å². The lowest BCUT2D eigenvalue weighted by molar-refractivity contribution is 0.102. The number of aryl methyl sites for hydroxylation is 1. The first kappa shape index (κ1) is 14.5. The Hall–Kier alpha value is -3.42. The van der Waals surface area contributed by atoms with Crippen LogP contribution in [0.25, 0.3) is 11.3 Å². The second-order valence-electron chi connectivity index (χ2n) is 4.89. The van der Waals surface area contributed by atoms with Gasteiger partial charge in [-0.1, -0.05) is 30.3 Å². The van der Waals surface area contributed by atoms with Crippen molar-refractivity contribution >= 4 is 23.2 Å². The lowest BCUT2D eigenvalue weighted by Gasteiger charge is -2.10. The van der Waals surface area contributed by atoms with E-state index < -0.39 is 5.91 Å². The van der Waals surface area contributed by atoms with Gasteiger partial charge in [0.25, 0.3) is 5.91 Å². The summed E-state index contributed by atoms with van der Waals surface area (Å²) in [6, 6.07) is 9.43. The number of carbonyl (C=O) groups is 1. The quantitative estimate of drug-likeness (QED) is 0.669. The number of anilines is 3. The molecule has 8 nitrogen and oxygen atoms in total. The molecular formula is C15H15N7O. The topological polar surface area (TPSA) is 125 Å². The van der Waals surface area contributed by atoms with Crippen LogP contribution in [0.3, 0.4) is 0 Å². The van der Waals surface area contributed by atoms with E-state index in [1.807, 2.05) is 30.3 Å². The van der Waals surface area contributed by atoms with E-state index in [1.54, 1.807) is 17.9 Å². The monoisotopic (exact) mass is 309 g/mol. The van der Waals surface area contributed by atoms with Crippen LogP contribution in [0.4, 0.5) is 17.3 Å². The minimum Gasteiger partial charge on any atom is -0.382 e. The molecule has 5 N–H and O–H groups in total. The molecule has 1 aromatic carbocycles. The van der Waals surface area contributed by atoms with E-state index in [0.717, 1.165) is 5.56 Å². The largest absolute Gasteiger partial charge is 0.382 e. The van der Waals surface area contributed by atoms with E-state index in [-0.39, 0.29) is 17.3 Å². The maximum absolute atomic E-state index is 12.7. The Morgan fingerprint density at radius 3 is 2.39 bits per heavy atom. The zero-order valence-corrected chi connectivity index (χ0v) is 12.4. The van der Waals surface area contributed by atoms with Gasteiger partial charge in [0.2, 0.25) is 0 Å². The van der Waals surface area contributed by atoms with Crippen LogP contribution in [0.5, 0.6) is 0 Å². The summed E-state index contributed by atoms with van der Waals surface area (Å²) in [5, 5.41) is 2.66. The van der Waals surface area contributed by atoms with Gasteiger partial charge in [0.15, 0.2) is 11.6 Å². The van der Waals surface area contributed by atoms with Gasteiger partial charge >= 0.3 is 0 Å². The number of nitrogens with one attached hydrogen (secondary N) is 1. The summed E-state index contributed by atoms with van der Waals surface area (Å²) in [4.78, 5) is 24.6. The highest BCUT2D eigenvalue weighted by atomic mass is 16.2. The number of hydrogen-bond acceptors (Lipinski definition) is 6. The Labute approximate surface area is 132 Å². The average molecular weight is 309 g/mol. The fraction of sp³-hybridized carbons (Fsp3) is 0.0667. The number of carbonyl (C=O) groups excluding carboxylic acids is 1. The average Bonchev–Trinajstić information content (AvgIpc) is 2.93. The van der Waals surface area contributed by atoms with Crippen molar-refractivity contribution in [2.24, 2.45) is 7.05 Å². The summed E-state index contributed by atoms with van der Waals surface area (Å²) in [7, 11) is 1.74. The summed E-state index contributed by atoms with van der Waals surface area (Å²) < 4.78 is 1.63. The molecule has 0 saturated carbocycles. The number of hydrogen-bond donors (Lipinski definition) is 3. The minimum atomic E-state index is -0.392. The number of benzene rings is 1. The zero-order valence-electron chi connectivity index (χ0n) is 12.4.